The van der Waals surface area contributed by atoms with Gasteiger partial charge in [0.2, 0.25) is 5.91 Å². The summed E-state index contributed by atoms with van der Waals surface area (Å²) >= 11 is 4.96. The van der Waals surface area contributed by atoms with Crippen LogP contribution < -0.4 is 5.73 Å². The molecule has 1 fully saturated rings. The third-order valence-corrected chi connectivity index (χ3v) is 3.32. The Balaban J connectivity index is 2.25. The molecule has 0 unspecified atom stereocenters. The van der Waals surface area contributed by atoms with Gasteiger partial charge in [-0.1, -0.05) is 12.2 Å². The fourth-order valence-electron chi connectivity index (χ4n) is 1.94. The van der Waals surface area contributed by atoms with Crippen molar-refractivity contribution in [3.63, 3.8) is 0 Å². The van der Waals surface area contributed by atoms with E-state index in [9.17, 15) is 4.79 Å². The summed E-state index contributed by atoms with van der Waals surface area (Å²) in [7, 11) is 1.65. The highest BCUT2D eigenvalue weighted by atomic mass is 32.1. The van der Waals surface area contributed by atoms with Gasteiger partial charge in [0.05, 0.1) is 4.99 Å². The Hall–Kier alpha value is -0.680. The van der Waals surface area contributed by atoms with Gasteiger partial charge in [0.25, 0.3) is 0 Å². The molecule has 0 aliphatic carbocycles. The number of amides is 1. The van der Waals surface area contributed by atoms with Crippen molar-refractivity contribution >= 4 is 23.1 Å². The van der Waals surface area contributed by atoms with E-state index in [1.807, 2.05) is 4.90 Å². The Morgan fingerprint density at radius 1 is 1.50 bits per heavy atom. The number of rotatable bonds is 5. The molecule has 1 heterocycles. The highest BCUT2D eigenvalue weighted by molar-refractivity contribution is 7.80. The maximum Gasteiger partial charge on any atom is 0.222 e. The van der Waals surface area contributed by atoms with Crippen LogP contribution in [0.2, 0.25) is 0 Å². The standard InChI is InChI=1S/C11H20N2O2S/c1-15-8-2-3-10(14)13-6-4-9(5-7-13)11(12)16/h9H,2-8H2,1H3,(H2,12,16). The molecule has 0 aromatic rings. The number of hydrogen-bond acceptors (Lipinski definition) is 3. The smallest absolute Gasteiger partial charge is 0.222 e. The minimum Gasteiger partial charge on any atom is -0.393 e. The number of ether oxygens (including phenoxy) is 1. The Morgan fingerprint density at radius 3 is 2.62 bits per heavy atom. The fourth-order valence-corrected chi connectivity index (χ4v) is 2.17. The molecule has 0 spiro atoms. The Morgan fingerprint density at radius 2 is 2.12 bits per heavy atom. The van der Waals surface area contributed by atoms with Crippen LogP contribution in [0, 0.1) is 5.92 Å². The molecule has 2 N–H and O–H groups in total. The summed E-state index contributed by atoms with van der Waals surface area (Å²) in [5, 5.41) is 0. The summed E-state index contributed by atoms with van der Waals surface area (Å²) in [5.74, 6) is 0.538. The highest BCUT2D eigenvalue weighted by Crippen LogP contribution is 2.18. The van der Waals surface area contributed by atoms with E-state index in [1.165, 1.54) is 0 Å². The van der Waals surface area contributed by atoms with E-state index in [1.54, 1.807) is 7.11 Å². The van der Waals surface area contributed by atoms with Crippen LogP contribution in [0.3, 0.4) is 0 Å². The SMILES string of the molecule is COCCCC(=O)N1CCC(C(N)=S)CC1. The van der Waals surface area contributed by atoms with Crippen molar-refractivity contribution in [2.24, 2.45) is 11.7 Å². The zero-order chi connectivity index (χ0) is 12.0. The first-order chi connectivity index (χ1) is 7.65. The minimum atomic E-state index is 0.221. The van der Waals surface area contributed by atoms with Gasteiger partial charge in [-0.15, -0.1) is 0 Å². The summed E-state index contributed by atoms with van der Waals surface area (Å²) in [6, 6.07) is 0. The lowest BCUT2D eigenvalue weighted by atomic mass is 9.97. The summed E-state index contributed by atoms with van der Waals surface area (Å²) in [6.45, 7) is 2.22. The second-order valence-corrected chi connectivity index (χ2v) is 4.63. The molecule has 1 aliphatic rings. The summed E-state index contributed by atoms with van der Waals surface area (Å²) < 4.78 is 4.92. The van der Waals surface area contributed by atoms with Crippen LogP contribution in [-0.2, 0) is 9.53 Å². The normalized spacial score (nSPS) is 17.4. The molecule has 0 bridgehead atoms. The zero-order valence-electron chi connectivity index (χ0n) is 9.78. The van der Waals surface area contributed by atoms with Crippen molar-refractivity contribution in [3.8, 4) is 0 Å². The highest BCUT2D eigenvalue weighted by Gasteiger charge is 2.23. The van der Waals surface area contributed by atoms with Gasteiger partial charge in [0.15, 0.2) is 0 Å². The van der Waals surface area contributed by atoms with Crippen LogP contribution in [0.25, 0.3) is 0 Å². The van der Waals surface area contributed by atoms with E-state index in [-0.39, 0.29) is 5.91 Å². The summed E-state index contributed by atoms with van der Waals surface area (Å²) in [5.41, 5.74) is 5.60. The van der Waals surface area contributed by atoms with Gasteiger partial charge in [0, 0.05) is 39.1 Å². The van der Waals surface area contributed by atoms with Crippen LogP contribution in [0.15, 0.2) is 0 Å². The Labute approximate surface area is 102 Å². The van der Waals surface area contributed by atoms with E-state index in [2.05, 4.69) is 0 Å². The van der Waals surface area contributed by atoms with Gasteiger partial charge in [0.1, 0.15) is 0 Å². The predicted octanol–water partition coefficient (Wildman–Crippen LogP) is 0.938. The van der Waals surface area contributed by atoms with Crippen molar-refractivity contribution in [3.05, 3.63) is 0 Å². The van der Waals surface area contributed by atoms with Gasteiger partial charge < -0.3 is 15.4 Å². The largest absolute Gasteiger partial charge is 0.393 e. The summed E-state index contributed by atoms with van der Waals surface area (Å²) in [6.07, 6.45) is 3.19. The van der Waals surface area contributed by atoms with E-state index >= 15 is 0 Å². The number of nitrogens with zero attached hydrogens (tertiary/aromatic N) is 1. The molecule has 0 aromatic heterocycles. The van der Waals surface area contributed by atoms with Crippen LogP contribution >= 0.6 is 12.2 Å². The maximum atomic E-state index is 11.8. The average molecular weight is 244 g/mol. The zero-order valence-corrected chi connectivity index (χ0v) is 10.6. The molecule has 0 atom stereocenters. The van der Waals surface area contributed by atoms with Gasteiger partial charge >= 0.3 is 0 Å². The third kappa shape index (κ3) is 4.06. The topological polar surface area (TPSA) is 55.6 Å². The number of carbonyl (C=O) groups excluding carboxylic acids is 1. The number of hydrogen-bond donors (Lipinski definition) is 1. The molecule has 1 rings (SSSR count). The molecule has 16 heavy (non-hydrogen) atoms. The maximum absolute atomic E-state index is 11.8. The fraction of sp³-hybridized carbons (Fsp3) is 0.818. The van der Waals surface area contributed by atoms with Crippen molar-refractivity contribution in [2.75, 3.05) is 26.8 Å². The lowest BCUT2D eigenvalue weighted by Gasteiger charge is -2.31. The number of piperidine rings is 1. The Bertz CT molecular complexity index is 250. The average Bonchev–Trinajstić information content (AvgIpc) is 2.29. The van der Waals surface area contributed by atoms with Crippen molar-refractivity contribution in [1.29, 1.82) is 0 Å². The van der Waals surface area contributed by atoms with Crippen molar-refractivity contribution < 1.29 is 9.53 Å². The first-order valence-corrected chi connectivity index (χ1v) is 6.12. The number of carbonyl (C=O) groups is 1. The molecule has 1 amide bonds. The Kier molecular flexibility index (Phi) is 5.69. The van der Waals surface area contributed by atoms with Gasteiger partial charge in [-0.25, -0.2) is 0 Å². The van der Waals surface area contributed by atoms with Crippen molar-refractivity contribution in [2.45, 2.75) is 25.7 Å². The molecule has 4 nitrogen and oxygen atoms in total. The van der Waals surface area contributed by atoms with E-state index in [4.69, 9.17) is 22.7 Å². The van der Waals surface area contributed by atoms with Crippen LogP contribution in [0.5, 0.6) is 0 Å². The van der Waals surface area contributed by atoms with E-state index < -0.39 is 0 Å². The van der Waals surface area contributed by atoms with Gasteiger partial charge in [-0.3, -0.25) is 4.79 Å². The first-order valence-electron chi connectivity index (χ1n) is 5.71. The number of likely N-dealkylation sites (tertiary alicyclic amines) is 1. The molecular weight excluding hydrogens is 224 g/mol. The minimum absolute atomic E-state index is 0.221. The van der Waals surface area contributed by atoms with E-state index in [0.29, 0.717) is 23.9 Å². The van der Waals surface area contributed by atoms with Gasteiger partial charge in [-0.05, 0) is 19.3 Å². The monoisotopic (exact) mass is 244 g/mol. The molecule has 1 saturated heterocycles. The van der Waals surface area contributed by atoms with Crippen LogP contribution in [0.1, 0.15) is 25.7 Å². The number of methoxy groups -OCH3 is 1. The van der Waals surface area contributed by atoms with E-state index in [0.717, 1.165) is 32.4 Å². The molecule has 1 aliphatic heterocycles. The molecule has 0 radical (unpaired) electrons. The lowest BCUT2D eigenvalue weighted by molar-refractivity contribution is -0.132. The third-order valence-electron chi connectivity index (χ3n) is 2.99. The second kappa shape index (κ2) is 6.81. The van der Waals surface area contributed by atoms with Crippen molar-refractivity contribution in [1.82, 2.24) is 4.90 Å². The molecule has 5 heteroatoms. The molecule has 92 valence electrons. The first kappa shape index (κ1) is 13.4. The predicted molar refractivity (Wildman–Crippen MR) is 67.2 cm³/mol. The molecule has 0 aromatic carbocycles. The molecular formula is C11H20N2O2S. The second-order valence-electron chi connectivity index (χ2n) is 4.15. The number of nitrogens with two attached hydrogens (primary N) is 1. The molecule has 0 saturated carbocycles. The number of thiocarbonyl (C=S) groups is 1. The lowest BCUT2D eigenvalue weighted by Crippen LogP contribution is -2.41. The van der Waals surface area contributed by atoms with Crippen LogP contribution in [0.4, 0.5) is 0 Å². The summed E-state index contributed by atoms with van der Waals surface area (Å²) in [4.78, 5) is 14.3. The van der Waals surface area contributed by atoms with Crippen LogP contribution in [-0.4, -0.2) is 42.6 Å². The van der Waals surface area contributed by atoms with Gasteiger partial charge in [-0.2, -0.15) is 0 Å². The quantitative estimate of drug-likeness (QED) is 0.577.